The SMILES string of the molecule is CCN(CC)C(=O)C(=O)c1c[nH]c2ccc(N)cc12. The van der Waals surface area contributed by atoms with Crippen LogP contribution in [-0.2, 0) is 4.79 Å². The Labute approximate surface area is 111 Å². The van der Waals surface area contributed by atoms with Crippen LogP contribution < -0.4 is 5.73 Å². The molecular formula is C14H17N3O2. The number of benzene rings is 1. The molecule has 100 valence electrons. The minimum atomic E-state index is -0.499. The van der Waals surface area contributed by atoms with E-state index in [-0.39, 0.29) is 0 Å². The van der Waals surface area contributed by atoms with Crippen molar-refractivity contribution < 1.29 is 9.59 Å². The smallest absolute Gasteiger partial charge is 0.295 e. The number of nitrogens with two attached hydrogens (primary N) is 1. The first kappa shape index (κ1) is 13.1. The zero-order valence-electron chi connectivity index (χ0n) is 11.1. The second-order valence-corrected chi connectivity index (χ2v) is 4.31. The highest BCUT2D eigenvalue weighted by atomic mass is 16.2. The molecular weight excluding hydrogens is 242 g/mol. The second kappa shape index (κ2) is 5.14. The monoisotopic (exact) mass is 259 g/mol. The van der Waals surface area contributed by atoms with Gasteiger partial charge in [0, 0.05) is 35.9 Å². The van der Waals surface area contributed by atoms with Crippen LogP contribution in [0.4, 0.5) is 5.69 Å². The van der Waals surface area contributed by atoms with Gasteiger partial charge in [-0.3, -0.25) is 9.59 Å². The van der Waals surface area contributed by atoms with Crippen LogP contribution in [0, 0.1) is 0 Å². The number of carbonyl (C=O) groups excluding carboxylic acids is 2. The lowest BCUT2D eigenvalue weighted by atomic mass is 10.1. The average molecular weight is 259 g/mol. The average Bonchev–Trinajstić information content (AvgIpc) is 2.82. The maximum Gasteiger partial charge on any atom is 0.295 e. The molecule has 5 heteroatoms. The van der Waals surface area contributed by atoms with Gasteiger partial charge in [-0.15, -0.1) is 0 Å². The number of aromatic nitrogens is 1. The first-order valence-corrected chi connectivity index (χ1v) is 6.28. The van der Waals surface area contributed by atoms with Gasteiger partial charge in [-0.1, -0.05) is 0 Å². The second-order valence-electron chi connectivity index (χ2n) is 4.31. The van der Waals surface area contributed by atoms with Crippen molar-refractivity contribution in [2.24, 2.45) is 0 Å². The molecule has 0 fully saturated rings. The number of anilines is 1. The summed E-state index contributed by atoms with van der Waals surface area (Å²) >= 11 is 0. The predicted molar refractivity (Wildman–Crippen MR) is 75.0 cm³/mol. The summed E-state index contributed by atoms with van der Waals surface area (Å²) in [6, 6.07) is 5.25. The molecule has 2 aromatic rings. The van der Waals surface area contributed by atoms with E-state index in [1.165, 1.54) is 4.90 Å². The standard InChI is InChI=1S/C14H17N3O2/c1-3-17(4-2)14(19)13(18)11-8-16-12-6-5-9(15)7-10(11)12/h5-8,16H,3-4,15H2,1-2H3. The minimum Gasteiger partial charge on any atom is -0.399 e. The fourth-order valence-corrected chi connectivity index (χ4v) is 2.10. The van der Waals surface area contributed by atoms with Crippen molar-refractivity contribution in [2.75, 3.05) is 18.8 Å². The lowest BCUT2D eigenvalue weighted by Crippen LogP contribution is -2.36. The highest BCUT2D eigenvalue weighted by Gasteiger charge is 2.23. The van der Waals surface area contributed by atoms with Crippen LogP contribution in [0.3, 0.4) is 0 Å². The molecule has 0 saturated heterocycles. The number of hydrogen-bond donors (Lipinski definition) is 2. The number of fused-ring (bicyclic) bond motifs is 1. The van der Waals surface area contributed by atoms with Crippen LogP contribution in [0.2, 0.25) is 0 Å². The van der Waals surface area contributed by atoms with Crippen LogP contribution >= 0.6 is 0 Å². The molecule has 1 heterocycles. The van der Waals surface area contributed by atoms with Crippen LogP contribution in [0.1, 0.15) is 24.2 Å². The number of ketones is 1. The Morgan fingerprint density at radius 1 is 1.26 bits per heavy atom. The molecule has 19 heavy (non-hydrogen) atoms. The van der Waals surface area contributed by atoms with Gasteiger partial charge >= 0.3 is 0 Å². The van der Waals surface area contributed by atoms with Crippen molar-refractivity contribution in [3.05, 3.63) is 30.0 Å². The van der Waals surface area contributed by atoms with Crippen molar-refractivity contribution in [3.8, 4) is 0 Å². The molecule has 1 amide bonds. The topological polar surface area (TPSA) is 79.2 Å². The lowest BCUT2D eigenvalue weighted by molar-refractivity contribution is -0.126. The van der Waals surface area contributed by atoms with E-state index in [4.69, 9.17) is 5.73 Å². The van der Waals surface area contributed by atoms with Crippen LogP contribution in [0.5, 0.6) is 0 Å². The number of H-pyrrole nitrogens is 1. The fraction of sp³-hybridized carbons (Fsp3) is 0.286. The summed E-state index contributed by atoms with van der Waals surface area (Å²) in [4.78, 5) is 28.8. The number of likely N-dealkylation sites (N-methyl/N-ethyl adjacent to an activating group) is 1. The van der Waals surface area contributed by atoms with Gasteiger partial charge in [-0.25, -0.2) is 0 Å². The molecule has 0 atom stereocenters. The number of hydrogen-bond acceptors (Lipinski definition) is 3. The van der Waals surface area contributed by atoms with Gasteiger partial charge in [0.25, 0.3) is 11.7 Å². The molecule has 5 nitrogen and oxygen atoms in total. The summed E-state index contributed by atoms with van der Waals surface area (Å²) < 4.78 is 0. The zero-order valence-corrected chi connectivity index (χ0v) is 11.1. The van der Waals surface area contributed by atoms with E-state index < -0.39 is 11.7 Å². The van der Waals surface area contributed by atoms with Gasteiger partial charge in [0.1, 0.15) is 0 Å². The van der Waals surface area contributed by atoms with Crippen molar-refractivity contribution in [2.45, 2.75) is 13.8 Å². The van der Waals surface area contributed by atoms with E-state index in [1.807, 2.05) is 13.8 Å². The van der Waals surface area contributed by atoms with Crippen LogP contribution in [0.25, 0.3) is 10.9 Å². The highest BCUT2D eigenvalue weighted by molar-refractivity contribution is 6.44. The maximum absolute atomic E-state index is 12.2. The third-order valence-corrected chi connectivity index (χ3v) is 3.20. The Balaban J connectivity index is 2.41. The van der Waals surface area contributed by atoms with Gasteiger partial charge in [-0.2, -0.15) is 0 Å². The van der Waals surface area contributed by atoms with Gasteiger partial charge in [0.15, 0.2) is 0 Å². The quantitative estimate of drug-likeness (QED) is 0.499. The van der Waals surface area contributed by atoms with E-state index in [9.17, 15) is 9.59 Å². The first-order valence-electron chi connectivity index (χ1n) is 6.28. The molecule has 0 aliphatic heterocycles. The van der Waals surface area contributed by atoms with Crippen molar-refractivity contribution in [1.82, 2.24) is 9.88 Å². The molecule has 0 unspecified atom stereocenters. The number of amides is 1. The first-order chi connectivity index (χ1) is 9.08. The summed E-state index contributed by atoms with van der Waals surface area (Å²) in [5.74, 6) is -0.978. The van der Waals surface area contributed by atoms with Crippen LogP contribution in [0.15, 0.2) is 24.4 Å². The minimum absolute atomic E-state index is 0.374. The summed E-state index contributed by atoms with van der Waals surface area (Å²) in [5, 5.41) is 0.686. The molecule has 1 aromatic carbocycles. The maximum atomic E-state index is 12.2. The molecule has 1 aromatic heterocycles. The van der Waals surface area contributed by atoms with E-state index in [2.05, 4.69) is 4.98 Å². The van der Waals surface area contributed by atoms with Gasteiger partial charge in [0.05, 0.1) is 5.56 Å². The van der Waals surface area contributed by atoms with E-state index in [0.29, 0.717) is 29.7 Å². The largest absolute Gasteiger partial charge is 0.399 e. The number of Topliss-reactive ketones (excluding diaryl/α,β-unsaturated/α-hetero) is 1. The Hall–Kier alpha value is -2.30. The van der Waals surface area contributed by atoms with E-state index in [1.54, 1.807) is 24.4 Å². The molecule has 2 rings (SSSR count). The predicted octanol–water partition coefficient (Wildman–Crippen LogP) is 1.80. The molecule has 0 saturated carbocycles. The Morgan fingerprint density at radius 3 is 2.58 bits per heavy atom. The summed E-state index contributed by atoms with van der Waals surface area (Å²) in [6.45, 7) is 4.74. The van der Waals surface area contributed by atoms with E-state index in [0.717, 1.165) is 5.52 Å². The lowest BCUT2D eigenvalue weighted by Gasteiger charge is -2.17. The van der Waals surface area contributed by atoms with Crippen LogP contribution in [-0.4, -0.2) is 34.7 Å². The van der Waals surface area contributed by atoms with Crippen molar-refractivity contribution >= 4 is 28.3 Å². The zero-order chi connectivity index (χ0) is 14.0. The highest BCUT2D eigenvalue weighted by Crippen LogP contribution is 2.21. The molecule has 0 aliphatic rings. The number of carbonyl (C=O) groups is 2. The molecule has 0 bridgehead atoms. The number of nitrogens with zero attached hydrogens (tertiary/aromatic N) is 1. The fourth-order valence-electron chi connectivity index (χ4n) is 2.10. The number of rotatable bonds is 4. The number of aromatic amines is 1. The molecule has 0 radical (unpaired) electrons. The third kappa shape index (κ3) is 2.31. The Bertz CT molecular complexity index is 627. The van der Waals surface area contributed by atoms with Crippen molar-refractivity contribution in [1.29, 1.82) is 0 Å². The van der Waals surface area contributed by atoms with Gasteiger partial charge < -0.3 is 15.6 Å². The van der Waals surface area contributed by atoms with E-state index >= 15 is 0 Å². The Morgan fingerprint density at radius 2 is 1.95 bits per heavy atom. The summed E-state index contributed by atoms with van der Waals surface area (Å²) in [7, 11) is 0. The number of nitrogen functional groups attached to an aromatic ring is 1. The Kier molecular flexibility index (Phi) is 3.55. The number of nitrogens with one attached hydrogen (secondary N) is 1. The molecule has 0 aliphatic carbocycles. The normalized spacial score (nSPS) is 10.6. The van der Waals surface area contributed by atoms with Crippen molar-refractivity contribution in [3.63, 3.8) is 0 Å². The van der Waals surface area contributed by atoms with Gasteiger partial charge in [-0.05, 0) is 32.0 Å². The summed E-state index contributed by atoms with van der Waals surface area (Å²) in [6.07, 6.45) is 1.56. The van der Waals surface area contributed by atoms with Gasteiger partial charge in [0.2, 0.25) is 0 Å². The molecule has 3 N–H and O–H groups in total. The summed E-state index contributed by atoms with van der Waals surface area (Å²) in [5.41, 5.74) is 7.46. The third-order valence-electron chi connectivity index (χ3n) is 3.20. The molecule has 0 spiro atoms.